The zero-order valence-corrected chi connectivity index (χ0v) is 13.6. The summed E-state index contributed by atoms with van der Waals surface area (Å²) in [7, 11) is 0. The molecule has 3 rings (SSSR count). The van der Waals surface area contributed by atoms with E-state index in [1.54, 1.807) is 17.6 Å². The van der Waals surface area contributed by atoms with Gasteiger partial charge in [0.2, 0.25) is 0 Å². The average Bonchev–Trinajstić information content (AvgIpc) is 3.18. The van der Waals surface area contributed by atoms with E-state index in [9.17, 15) is 4.79 Å². The van der Waals surface area contributed by atoms with E-state index in [1.807, 2.05) is 36.6 Å². The lowest BCUT2D eigenvalue weighted by Gasteiger charge is -2.31. The number of thiophene rings is 1. The van der Waals surface area contributed by atoms with E-state index in [1.165, 1.54) is 0 Å². The fourth-order valence-corrected chi connectivity index (χ4v) is 3.89. The number of carbonyl (C=O) groups is 1. The van der Waals surface area contributed by atoms with Crippen LogP contribution in [0, 0.1) is 12.8 Å². The molecule has 1 unspecified atom stereocenters. The van der Waals surface area contributed by atoms with Crippen LogP contribution in [0.1, 0.15) is 33.8 Å². The smallest absolute Gasteiger partial charge is 0.177 e. The number of aryl methyl sites for hydroxylation is 1. The minimum atomic E-state index is 0.142. The highest BCUT2D eigenvalue weighted by Gasteiger charge is 2.27. The second-order valence-corrected chi connectivity index (χ2v) is 6.73. The topological polar surface area (TPSA) is 33.5 Å². The highest BCUT2D eigenvalue weighted by molar-refractivity contribution is 7.12. The van der Waals surface area contributed by atoms with E-state index >= 15 is 0 Å². The maximum atomic E-state index is 12.6. The second kappa shape index (κ2) is 7.07. The molecule has 0 amide bonds. The summed E-state index contributed by atoms with van der Waals surface area (Å²) in [6.07, 6.45) is 7.89. The molecule has 22 heavy (non-hydrogen) atoms. The predicted octanol–water partition coefficient (Wildman–Crippen LogP) is 4.26. The summed E-state index contributed by atoms with van der Waals surface area (Å²) in [6, 6.07) is 5.86. The number of rotatable bonds is 5. The van der Waals surface area contributed by atoms with E-state index < -0.39 is 0 Å². The molecule has 0 N–H and O–H groups in total. The van der Waals surface area contributed by atoms with Gasteiger partial charge in [-0.2, -0.15) is 0 Å². The molecule has 116 valence electrons. The first-order chi connectivity index (χ1) is 10.7. The molecular formula is C18H21NO2S. The van der Waals surface area contributed by atoms with Gasteiger partial charge in [0.1, 0.15) is 5.76 Å². The minimum Gasteiger partial charge on any atom is -0.465 e. The minimum absolute atomic E-state index is 0.142. The van der Waals surface area contributed by atoms with Crippen LogP contribution >= 0.6 is 11.3 Å². The van der Waals surface area contributed by atoms with Crippen LogP contribution < -0.4 is 0 Å². The molecule has 3 nitrogen and oxygen atoms in total. The predicted molar refractivity (Wildman–Crippen MR) is 90.3 cm³/mol. The van der Waals surface area contributed by atoms with Crippen molar-refractivity contribution in [2.45, 2.75) is 19.8 Å². The largest absolute Gasteiger partial charge is 0.465 e. The quantitative estimate of drug-likeness (QED) is 0.773. The average molecular weight is 315 g/mol. The van der Waals surface area contributed by atoms with Gasteiger partial charge in [-0.3, -0.25) is 9.69 Å². The Hall–Kier alpha value is -1.65. The van der Waals surface area contributed by atoms with E-state index in [0.29, 0.717) is 5.78 Å². The van der Waals surface area contributed by atoms with Crippen molar-refractivity contribution in [3.63, 3.8) is 0 Å². The molecule has 3 heterocycles. The van der Waals surface area contributed by atoms with Gasteiger partial charge in [0.25, 0.3) is 0 Å². The third-order valence-corrected chi connectivity index (χ3v) is 5.18. The number of likely N-dealkylation sites (tertiary alicyclic amines) is 1. The Balaban J connectivity index is 1.57. The number of nitrogens with zero attached hydrogens (tertiary/aromatic N) is 1. The van der Waals surface area contributed by atoms with Crippen molar-refractivity contribution < 1.29 is 9.21 Å². The third kappa shape index (κ3) is 3.57. The Kier molecular flexibility index (Phi) is 4.90. The SMILES string of the molecule is Cc1ccsc1C(=O)C1CCCN(CC=Cc2ccco2)C1. The van der Waals surface area contributed by atoms with Gasteiger partial charge < -0.3 is 4.42 Å². The Labute approximate surface area is 135 Å². The molecule has 0 spiro atoms. The first-order valence-corrected chi connectivity index (χ1v) is 8.62. The summed E-state index contributed by atoms with van der Waals surface area (Å²) in [5.74, 6) is 1.34. The zero-order valence-electron chi connectivity index (χ0n) is 12.8. The normalized spacial score (nSPS) is 19.8. The molecule has 1 atom stereocenters. The number of furan rings is 1. The fourth-order valence-electron chi connectivity index (χ4n) is 2.95. The van der Waals surface area contributed by atoms with Crippen LogP contribution in [0.15, 0.2) is 40.3 Å². The molecule has 0 saturated carbocycles. The number of Topliss-reactive ketones (excluding diaryl/α,β-unsaturated/α-hetero) is 1. The summed E-state index contributed by atoms with van der Waals surface area (Å²) in [6.45, 7) is 4.82. The number of ketones is 1. The van der Waals surface area contributed by atoms with Crippen LogP contribution in [0.25, 0.3) is 6.08 Å². The number of hydrogen-bond acceptors (Lipinski definition) is 4. The molecule has 0 radical (unpaired) electrons. The van der Waals surface area contributed by atoms with E-state index in [2.05, 4.69) is 11.0 Å². The van der Waals surface area contributed by atoms with Crippen LogP contribution in [0.3, 0.4) is 0 Å². The molecular weight excluding hydrogens is 294 g/mol. The molecule has 0 bridgehead atoms. The maximum Gasteiger partial charge on any atom is 0.177 e. The zero-order chi connectivity index (χ0) is 15.4. The summed E-state index contributed by atoms with van der Waals surface area (Å²) in [5.41, 5.74) is 1.12. The summed E-state index contributed by atoms with van der Waals surface area (Å²) >= 11 is 1.57. The summed E-state index contributed by atoms with van der Waals surface area (Å²) < 4.78 is 5.29. The lowest BCUT2D eigenvalue weighted by molar-refractivity contribution is 0.0835. The third-order valence-electron chi connectivity index (χ3n) is 4.15. The van der Waals surface area contributed by atoms with Crippen LogP contribution in [-0.4, -0.2) is 30.3 Å². The Bertz CT molecular complexity index is 642. The Morgan fingerprint density at radius 2 is 2.41 bits per heavy atom. The fraction of sp³-hybridized carbons (Fsp3) is 0.389. The highest BCUT2D eigenvalue weighted by Crippen LogP contribution is 2.25. The van der Waals surface area contributed by atoms with Gasteiger partial charge in [0, 0.05) is 19.0 Å². The van der Waals surface area contributed by atoms with E-state index in [4.69, 9.17) is 4.42 Å². The van der Waals surface area contributed by atoms with Crippen molar-refractivity contribution in [3.8, 4) is 0 Å². The van der Waals surface area contributed by atoms with Gasteiger partial charge >= 0.3 is 0 Å². The van der Waals surface area contributed by atoms with E-state index in [0.717, 1.165) is 48.7 Å². The van der Waals surface area contributed by atoms with Crippen LogP contribution in [0.4, 0.5) is 0 Å². The standard InChI is InChI=1S/C18H21NO2S/c1-14-8-12-22-18(14)17(20)15-5-2-9-19(13-15)10-3-6-16-7-4-11-21-16/h3-4,6-8,11-12,15H,2,5,9-10,13H2,1H3. The molecule has 4 heteroatoms. The van der Waals surface area contributed by atoms with Crippen LogP contribution in [0.2, 0.25) is 0 Å². The van der Waals surface area contributed by atoms with Crippen molar-refractivity contribution in [1.82, 2.24) is 4.90 Å². The van der Waals surface area contributed by atoms with Gasteiger partial charge in [-0.1, -0.05) is 6.08 Å². The van der Waals surface area contributed by atoms with Crippen molar-refractivity contribution >= 4 is 23.2 Å². The molecule has 2 aromatic heterocycles. The maximum absolute atomic E-state index is 12.6. The summed E-state index contributed by atoms with van der Waals surface area (Å²) in [5, 5.41) is 2.01. The van der Waals surface area contributed by atoms with Crippen LogP contribution in [-0.2, 0) is 0 Å². The van der Waals surface area contributed by atoms with Crippen molar-refractivity contribution in [3.05, 3.63) is 52.1 Å². The van der Waals surface area contributed by atoms with Crippen molar-refractivity contribution in [1.29, 1.82) is 0 Å². The van der Waals surface area contributed by atoms with Gasteiger partial charge in [0.05, 0.1) is 11.1 Å². The van der Waals surface area contributed by atoms with Gasteiger partial charge in [-0.25, -0.2) is 0 Å². The van der Waals surface area contributed by atoms with E-state index in [-0.39, 0.29) is 5.92 Å². The van der Waals surface area contributed by atoms with Crippen molar-refractivity contribution in [2.75, 3.05) is 19.6 Å². The highest BCUT2D eigenvalue weighted by atomic mass is 32.1. The molecule has 0 aliphatic carbocycles. The first-order valence-electron chi connectivity index (χ1n) is 7.75. The van der Waals surface area contributed by atoms with Gasteiger partial charge in [-0.05, 0) is 61.5 Å². The number of hydrogen-bond donors (Lipinski definition) is 0. The molecule has 0 aromatic carbocycles. The molecule has 1 fully saturated rings. The molecule has 2 aromatic rings. The summed E-state index contributed by atoms with van der Waals surface area (Å²) in [4.78, 5) is 15.9. The Morgan fingerprint density at radius 1 is 1.50 bits per heavy atom. The first kappa shape index (κ1) is 15.3. The molecule has 1 saturated heterocycles. The lowest BCUT2D eigenvalue weighted by atomic mass is 9.92. The van der Waals surface area contributed by atoms with Gasteiger partial charge in [0.15, 0.2) is 5.78 Å². The monoisotopic (exact) mass is 315 g/mol. The lowest BCUT2D eigenvalue weighted by Crippen LogP contribution is -2.38. The molecule has 1 aliphatic heterocycles. The Morgan fingerprint density at radius 3 is 3.14 bits per heavy atom. The number of carbonyl (C=O) groups excluding carboxylic acids is 1. The van der Waals surface area contributed by atoms with Crippen molar-refractivity contribution in [2.24, 2.45) is 5.92 Å². The molecule has 1 aliphatic rings. The van der Waals surface area contributed by atoms with Gasteiger partial charge in [-0.15, -0.1) is 11.3 Å². The second-order valence-electron chi connectivity index (χ2n) is 5.81. The van der Waals surface area contributed by atoms with Crippen LogP contribution in [0.5, 0.6) is 0 Å². The number of piperidine rings is 1.